The van der Waals surface area contributed by atoms with E-state index in [1.54, 1.807) is 0 Å². The second-order valence-corrected chi connectivity index (χ2v) is 8.50. The molecule has 0 saturated heterocycles. The van der Waals surface area contributed by atoms with Gasteiger partial charge in [-0.05, 0) is 19.3 Å². The minimum Gasteiger partial charge on any atom is -0.287 e. The van der Waals surface area contributed by atoms with E-state index in [1.165, 1.54) is 51.4 Å². The highest BCUT2D eigenvalue weighted by molar-refractivity contribution is 7.48. The van der Waals surface area contributed by atoms with Crippen LogP contribution in [0.15, 0.2) is 0 Å². The van der Waals surface area contributed by atoms with E-state index in [-0.39, 0.29) is 0 Å². The monoisotopic (exact) mass is 378 g/mol. The number of rotatable bonds is 20. The van der Waals surface area contributed by atoms with E-state index in [4.69, 9.17) is 13.6 Å². The Morgan fingerprint density at radius 1 is 0.480 bits per heavy atom. The molecular formula is C20H43O4P. The minimum atomic E-state index is -3.38. The summed E-state index contributed by atoms with van der Waals surface area (Å²) in [6, 6.07) is 0. The quantitative estimate of drug-likeness (QED) is 0.161. The molecule has 0 aliphatic heterocycles. The molecule has 0 amide bonds. The van der Waals surface area contributed by atoms with Gasteiger partial charge in [-0.2, -0.15) is 0 Å². The van der Waals surface area contributed by atoms with E-state index in [0.29, 0.717) is 19.8 Å². The SMILES string of the molecule is CCCCCCCOP(=O)(OCCCCCC)OCCCCCCC. The van der Waals surface area contributed by atoms with Crippen LogP contribution in [0.25, 0.3) is 0 Å². The smallest absolute Gasteiger partial charge is 0.287 e. The maximum atomic E-state index is 12.8. The van der Waals surface area contributed by atoms with Crippen LogP contribution in [-0.2, 0) is 18.1 Å². The highest BCUT2D eigenvalue weighted by Crippen LogP contribution is 2.50. The van der Waals surface area contributed by atoms with E-state index in [0.717, 1.165) is 38.5 Å². The van der Waals surface area contributed by atoms with Crippen molar-refractivity contribution in [3.8, 4) is 0 Å². The molecule has 0 radical (unpaired) electrons. The Balaban J connectivity index is 4.03. The lowest BCUT2D eigenvalue weighted by molar-refractivity contribution is 0.108. The maximum absolute atomic E-state index is 12.8. The Kier molecular flexibility index (Phi) is 19.0. The summed E-state index contributed by atoms with van der Waals surface area (Å²) in [6.07, 6.45) is 15.8. The first-order valence-corrected chi connectivity index (χ1v) is 12.2. The topological polar surface area (TPSA) is 44.8 Å². The molecule has 0 fully saturated rings. The highest BCUT2D eigenvalue weighted by atomic mass is 31.2. The fraction of sp³-hybridized carbons (Fsp3) is 1.00. The van der Waals surface area contributed by atoms with Crippen LogP contribution in [-0.4, -0.2) is 19.8 Å². The fourth-order valence-electron chi connectivity index (χ4n) is 2.58. The molecule has 0 atom stereocenters. The average Bonchev–Trinajstić information content (AvgIpc) is 2.61. The Labute approximate surface area is 157 Å². The molecule has 0 unspecified atom stereocenters. The van der Waals surface area contributed by atoms with Crippen molar-refractivity contribution in [1.29, 1.82) is 0 Å². The van der Waals surface area contributed by atoms with Crippen molar-refractivity contribution in [3.05, 3.63) is 0 Å². The summed E-state index contributed by atoms with van der Waals surface area (Å²) in [5, 5.41) is 0. The van der Waals surface area contributed by atoms with Gasteiger partial charge in [-0.1, -0.05) is 91.4 Å². The summed E-state index contributed by atoms with van der Waals surface area (Å²) < 4.78 is 29.4. The standard InChI is InChI=1S/C20H43O4P/c1-4-7-10-13-16-19-23-25(21,22-18-15-12-9-6-3)24-20-17-14-11-8-5-2/h4-20H2,1-3H3. The van der Waals surface area contributed by atoms with Crippen molar-refractivity contribution in [2.24, 2.45) is 0 Å². The second-order valence-electron chi connectivity index (χ2n) is 6.84. The first kappa shape index (κ1) is 25.1. The zero-order valence-corrected chi connectivity index (χ0v) is 18.0. The van der Waals surface area contributed by atoms with Gasteiger partial charge >= 0.3 is 7.82 Å². The van der Waals surface area contributed by atoms with Gasteiger partial charge in [0.05, 0.1) is 19.8 Å². The normalized spacial score (nSPS) is 12.0. The van der Waals surface area contributed by atoms with Gasteiger partial charge in [0.1, 0.15) is 0 Å². The molecule has 5 heteroatoms. The van der Waals surface area contributed by atoms with Gasteiger partial charge in [0.2, 0.25) is 0 Å². The third kappa shape index (κ3) is 17.3. The molecule has 0 aromatic carbocycles. The van der Waals surface area contributed by atoms with E-state index >= 15 is 0 Å². The Morgan fingerprint density at radius 3 is 1.08 bits per heavy atom. The Hall–Kier alpha value is 0.110. The van der Waals surface area contributed by atoms with Crippen molar-refractivity contribution in [2.75, 3.05) is 19.8 Å². The molecule has 0 saturated carbocycles. The average molecular weight is 379 g/mol. The summed E-state index contributed by atoms with van der Waals surface area (Å²) in [6.45, 7) is 7.96. The van der Waals surface area contributed by atoms with Gasteiger partial charge in [-0.25, -0.2) is 4.57 Å². The lowest BCUT2D eigenvalue weighted by Crippen LogP contribution is -2.04. The Bertz CT molecular complexity index is 290. The van der Waals surface area contributed by atoms with Gasteiger partial charge in [0.25, 0.3) is 0 Å². The first-order chi connectivity index (χ1) is 12.2. The fourth-order valence-corrected chi connectivity index (χ4v) is 3.86. The third-order valence-electron chi connectivity index (χ3n) is 4.24. The van der Waals surface area contributed by atoms with Crippen molar-refractivity contribution >= 4 is 7.82 Å². The number of hydrogen-bond acceptors (Lipinski definition) is 4. The Morgan fingerprint density at radius 2 is 0.760 bits per heavy atom. The minimum absolute atomic E-state index is 0.461. The molecular weight excluding hydrogens is 335 g/mol. The van der Waals surface area contributed by atoms with Crippen LogP contribution < -0.4 is 0 Å². The first-order valence-electron chi connectivity index (χ1n) is 10.7. The lowest BCUT2D eigenvalue weighted by Gasteiger charge is -2.18. The molecule has 0 aromatic rings. The molecule has 0 aliphatic rings. The lowest BCUT2D eigenvalue weighted by atomic mass is 10.2. The molecule has 25 heavy (non-hydrogen) atoms. The van der Waals surface area contributed by atoms with E-state index in [9.17, 15) is 4.57 Å². The van der Waals surface area contributed by atoms with Gasteiger partial charge in [0, 0.05) is 0 Å². The van der Waals surface area contributed by atoms with Crippen LogP contribution in [0.4, 0.5) is 0 Å². The van der Waals surface area contributed by atoms with E-state index in [2.05, 4.69) is 20.8 Å². The van der Waals surface area contributed by atoms with E-state index < -0.39 is 7.82 Å². The summed E-state index contributed by atoms with van der Waals surface area (Å²) >= 11 is 0. The zero-order valence-electron chi connectivity index (χ0n) is 17.1. The van der Waals surface area contributed by atoms with Gasteiger partial charge < -0.3 is 0 Å². The van der Waals surface area contributed by atoms with Crippen molar-refractivity contribution < 1.29 is 18.1 Å². The predicted octanol–water partition coefficient (Wildman–Crippen LogP) is 7.67. The van der Waals surface area contributed by atoms with Crippen LogP contribution in [0.5, 0.6) is 0 Å². The summed E-state index contributed by atoms with van der Waals surface area (Å²) in [4.78, 5) is 0. The molecule has 0 rings (SSSR count). The zero-order chi connectivity index (χ0) is 18.6. The number of hydrogen-bond donors (Lipinski definition) is 0. The predicted molar refractivity (Wildman–Crippen MR) is 107 cm³/mol. The summed E-state index contributed by atoms with van der Waals surface area (Å²) in [5.41, 5.74) is 0. The van der Waals surface area contributed by atoms with Crippen LogP contribution >= 0.6 is 7.82 Å². The number of phosphoric ester groups is 1. The van der Waals surface area contributed by atoms with Crippen LogP contribution in [0, 0.1) is 0 Å². The van der Waals surface area contributed by atoms with E-state index in [1.807, 2.05) is 0 Å². The molecule has 0 heterocycles. The maximum Gasteiger partial charge on any atom is 0.474 e. The molecule has 0 spiro atoms. The molecule has 0 aromatic heterocycles. The second kappa shape index (κ2) is 18.9. The summed E-state index contributed by atoms with van der Waals surface area (Å²) in [7, 11) is -3.38. The van der Waals surface area contributed by atoms with Crippen LogP contribution in [0.1, 0.15) is 111 Å². The molecule has 0 aliphatic carbocycles. The number of unbranched alkanes of at least 4 members (excludes halogenated alkanes) is 11. The number of phosphoric acid groups is 1. The van der Waals surface area contributed by atoms with Gasteiger partial charge in [-0.15, -0.1) is 0 Å². The van der Waals surface area contributed by atoms with Gasteiger partial charge in [-0.3, -0.25) is 13.6 Å². The van der Waals surface area contributed by atoms with Crippen LogP contribution in [0.3, 0.4) is 0 Å². The van der Waals surface area contributed by atoms with Crippen molar-refractivity contribution in [2.45, 2.75) is 111 Å². The van der Waals surface area contributed by atoms with Gasteiger partial charge in [0.15, 0.2) is 0 Å². The highest BCUT2D eigenvalue weighted by Gasteiger charge is 2.26. The van der Waals surface area contributed by atoms with Crippen molar-refractivity contribution in [1.82, 2.24) is 0 Å². The molecule has 0 bridgehead atoms. The molecule has 0 N–H and O–H groups in total. The third-order valence-corrected chi connectivity index (χ3v) is 5.74. The molecule has 4 nitrogen and oxygen atoms in total. The largest absolute Gasteiger partial charge is 0.474 e. The molecule has 152 valence electrons. The summed E-state index contributed by atoms with van der Waals surface area (Å²) in [5.74, 6) is 0. The van der Waals surface area contributed by atoms with Crippen molar-refractivity contribution in [3.63, 3.8) is 0 Å². The van der Waals surface area contributed by atoms with Crippen LogP contribution in [0.2, 0.25) is 0 Å².